The second-order valence-corrected chi connectivity index (χ2v) is 13.2. The molecule has 0 spiro atoms. The lowest BCUT2D eigenvalue weighted by Crippen LogP contribution is -2.60. The molecule has 6 rings (SSSR count). The summed E-state index contributed by atoms with van der Waals surface area (Å²) in [6.45, 7) is 2.75. The molecule has 3 aromatic carbocycles. The van der Waals surface area contributed by atoms with Gasteiger partial charge < -0.3 is 23.7 Å². The molecule has 4 aromatic rings. The van der Waals surface area contributed by atoms with Crippen LogP contribution in [-0.2, 0) is 50.1 Å². The van der Waals surface area contributed by atoms with Crippen molar-refractivity contribution in [1.82, 2.24) is 4.98 Å². The lowest BCUT2D eigenvalue weighted by Gasteiger charge is -2.45. The maximum Gasteiger partial charge on any atom is 0.139 e. The predicted molar refractivity (Wildman–Crippen MR) is 180 cm³/mol. The quantitative estimate of drug-likeness (QED) is 0.147. The van der Waals surface area contributed by atoms with Crippen LogP contribution in [0.1, 0.15) is 22.4 Å². The van der Waals surface area contributed by atoms with Crippen LogP contribution in [0.15, 0.2) is 120 Å². The third-order valence-corrected chi connectivity index (χ3v) is 9.83. The van der Waals surface area contributed by atoms with Crippen LogP contribution >= 0.6 is 23.5 Å². The van der Waals surface area contributed by atoms with Gasteiger partial charge in [0.05, 0.1) is 45.3 Å². The molecule has 3 heterocycles. The molecule has 45 heavy (non-hydrogen) atoms. The van der Waals surface area contributed by atoms with E-state index in [4.69, 9.17) is 28.7 Å². The molecule has 0 saturated carbocycles. The summed E-state index contributed by atoms with van der Waals surface area (Å²) in [6, 6.07) is 36.4. The van der Waals surface area contributed by atoms with Gasteiger partial charge in [-0.25, -0.2) is 0 Å². The minimum absolute atomic E-state index is 0.317. The van der Waals surface area contributed by atoms with E-state index in [1.54, 1.807) is 29.7 Å². The average molecular weight is 643 g/mol. The zero-order valence-corrected chi connectivity index (χ0v) is 26.7. The number of thioether (sulfide) groups is 2. The van der Waals surface area contributed by atoms with Crippen molar-refractivity contribution in [2.45, 2.75) is 56.3 Å². The van der Waals surface area contributed by atoms with Crippen LogP contribution in [0.3, 0.4) is 0 Å². The Hall–Kier alpha value is -3.02. The number of aromatic nitrogens is 1. The Morgan fingerprint density at radius 2 is 1.27 bits per heavy atom. The molecular formula is C36H38N2O5S2. The molecule has 1 fully saturated rings. The Kier molecular flexibility index (Phi) is 12.1. The second-order valence-electron chi connectivity index (χ2n) is 10.8. The van der Waals surface area contributed by atoms with E-state index in [0.29, 0.717) is 33.0 Å². The zero-order chi connectivity index (χ0) is 30.5. The summed E-state index contributed by atoms with van der Waals surface area (Å²) in [7, 11) is 0. The largest absolute Gasteiger partial charge is 0.374 e. The molecule has 2 aliphatic heterocycles. The van der Waals surface area contributed by atoms with Gasteiger partial charge >= 0.3 is 0 Å². The van der Waals surface area contributed by atoms with Gasteiger partial charge in [0.1, 0.15) is 34.2 Å². The molecule has 0 radical (unpaired) electrons. The van der Waals surface area contributed by atoms with Gasteiger partial charge in [-0.15, -0.1) is 0 Å². The molecule has 7 nitrogen and oxygen atoms in total. The fraction of sp³-hybridized carbons (Fsp3) is 0.333. The number of nitrogens with zero attached hydrogens (tertiary/aromatic N) is 2. The van der Waals surface area contributed by atoms with E-state index in [1.807, 2.05) is 72.8 Å². The fourth-order valence-corrected chi connectivity index (χ4v) is 7.50. The van der Waals surface area contributed by atoms with Gasteiger partial charge in [0, 0.05) is 11.9 Å². The van der Waals surface area contributed by atoms with Crippen LogP contribution in [0.2, 0.25) is 0 Å². The monoisotopic (exact) mass is 642 g/mol. The molecule has 5 atom stereocenters. The molecule has 0 aliphatic carbocycles. The van der Waals surface area contributed by atoms with Gasteiger partial charge in [0.15, 0.2) is 0 Å². The summed E-state index contributed by atoms with van der Waals surface area (Å²) >= 11 is 3.35. The predicted octanol–water partition coefficient (Wildman–Crippen LogP) is 6.92. The Morgan fingerprint density at radius 1 is 0.667 bits per heavy atom. The van der Waals surface area contributed by atoms with Gasteiger partial charge in [-0.3, -0.25) is 9.98 Å². The topological polar surface area (TPSA) is 71.4 Å². The second kappa shape index (κ2) is 17.1. The van der Waals surface area contributed by atoms with E-state index in [2.05, 4.69) is 41.4 Å². The highest BCUT2D eigenvalue weighted by molar-refractivity contribution is 8.39. The lowest BCUT2D eigenvalue weighted by molar-refractivity contribution is -0.254. The average Bonchev–Trinajstić information content (AvgIpc) is 3.61. The van der Waals surface area contributed by atoms with E-state index >= 15 is 0 Å². The molecule has 234 valence electrons. The van der Waals surface area contributed by atoms with E-state index in [-0.39, 0.29) is 5.44 Å². The number of benzene rings is 3. The molecule has 0 N–H and O–H groups in total. The third kappa shape index (κ3) is 9.50. The van der Waals surface area contributed by atoms with E-state index < -0.39 is 24.4 Å². The van der Waals surface area contributed by atoms with Crippen molar-refractivity contribution in [3.63, 3.8) is 0 Å². The summed E-state index contributed by atoms with van der Waals surface area (Å²) in [6.07, 6.45) is -0.00983. The SMILES string of the molecule is c1ccc(COC[C@H]2O[C@@H](SC3=NCCS3)[C@H](OCc3ccccn3)[C@@H](OCc3ccccc3)[C@H]2OCc2ccccc2)cc1. The van der Waals surface area contributed by atoms with Crippen LogP contribution in [0, 0.1) is 0 Å². The summed E-state index contributed by atoms with van der Waals surface area (Å²) in [5.41, 5.74) is 3.70. The van der Waals surface area contributed by atoms with Crippen molar-refractivity contribution in [1.29, 1.82) is 0 Å². The fourth-order valence-electron chi connectivity index (χ4n) is 5.23. The highest BCUT2D eigenvalue weighted by Gasteiger charge is 2.49. The summed E-state index contributed by atoms with van der Waals surface area (Å²) < 4.78 is 34.3. The molecule has 9 heteroatoms. The molecule has 1 aromatic heterocycles. The number of hydrogen-bond donors (Lipinski definition) is 0. The van der Waals surface area contributed by atoms with E-state index in [9.17, 15) is 0 Å². The van der Waals surface area contributed by atoms with Gasteiger partial charge in [0.25, 0.3) is 0 Å². The Balaban J connectivity index is 1.29. The minimum Gasteiger partial charge on any atom is -0.374 e. The van der Waals surface area contributed by atoms with Crippen LogP contribution < -0.4 is 0 Å². The molecule has 0 amide bonds. The molecule has 0 unspecified atom stereocenters. The molecule has 0 bridgehead atoms. The molecule has 2 aliphatic rings. The molecular weight excluding hydrogens is 605 g/mol. The summed E-state index contributed by atoms with van der Waals surface area (Å²) in [5.74, 6) is 0.967. The van der Waals surface area contributed by atoms with Gasteiger partial charge in [-0.1, -0.05) is 121 Å². The van der Waals surface area contributed by atoms with Crippen molar-refractivity contribution in [2.75, 3.05) is 18.9 Å². The Bertz CT molecular complexity index is 1450. The van der Waals surface area contributed by atoms with Gasteiger partial charge in [-0.2, -0.15) is 0 Å². The summed E-state index contributed by atoms with van der Waals surface area (Å²) in [4.78, 5) is 9.21. The molecule has 1 saturated heterocycles. The number of hydrogen-bond acceptors (Lipinski definition) is 9. The number of ether oxygens (including phenoxy) is 5. The van der Waals surface area contributed by atoms with Crippen molar-refractivity contribution >= 4 is 27.9 Å². The third-order valence-electron chi connectivity index (χ3n) is 7.48. The minimum atomic E-state index is -0.464. The van der Waals surface area contributed by atoms with Crippen molar-refractivity contribution in [2.24, 2.45) is 4.99 Å². The lowest BCUT2D eigenvalue weighted by atomic mass is 9.99. The zero-order valence-electron chi connectivity index (χ0n) is 25.1. The van der Waals surface area contributed by atoms with Crippen LogP contribution in [0.25, 0.3) is 0 Å². The van der Waals surface area contributed by atoms with Crippen molar-refractivity contribution in [3.8, 4) is 0 Å². The van der Waals surface area contributed by atoms with Crippen LogP contribution in [0.4, 0.5) is 0 Å². The highest BCUT2D eigenvalue weighted by Crippen LogP contribution is 2.38. The van der Waals surface area contributed by atoms with Crippen molar-refractivity contribution in [3.05, 3.63) is 138 Å². The van der Waals surface area contributed by atoms with Crippen LogP contribution in [0.5, 0.6) is 0 Å². The van der Waals surface area contributed by atoms with Gasteiger partial charge in [-0.05, 0) is 28.8 Å². The Morgan fingerprint density at radius 3 is 1.87 bits per heavy atom. The van der Waals surface area contributed by atoms with Gasteiger partial charge in [0.2, 0.25) is 0 Å². The maximum atomic E-state index is 6.86. The standard InChI is InChI=1S/C36H38N2O5S2/c1-4-12-27(13-5-1)22-39-26-31-32(40-23-28-14-6-2-7-15-28)33(41-24-29-16-8-3-9-17-29)34(42-25-30-18-10-11-19-37-30)35(43-31)45-36-38-20-21-44-36/h1-19,31-35H,20-26H2/t31-,32+,33+,34-,35+/m1/s1. The first-order chi connectivity index (χ1) is 22.3. The number of pyridine rings is 1. The first-order valence-electron chi connectivity index (χ1n) is 15.3. The van der Waals surface area contributed by atoms with E-state index in [0.717, 1.165) is 39.1 Å². The normalized spacial score (nSPS) is 23.1. The summed E-state index contributed by atoms with van der Waals surface area (Å²) in [5, 5.41) is 0. The Labute approximate surface area is 273 Å². The maximum absolute atomic E-state index is 6.86. The number of rotatable bonds is 14. The van der Waals surface area contributed by atoms with E-state index in [1.165, 1.54) is 0 Å². The highest BCUT2D eigenvalue weighted by atomic mass is 32.2. The first-order valence-corrected chi connectivity index (χ1v) is 17.1. The number of aliphatic imine (C=N–C) groups is 1. The smallest absolute Gasteiger partial charge is 0.139 e. The van der Waals surface area contributed by atoms with Crippen LogP contribution in [-0.4, -0.2) is 58.1 Å². The van der Waals surface area contributed by atoms with Crippen molar-refractivity contribution < 1.29 is 23.7 Å². The first kappa shape index (κ1) is 31.9.